The Morgan fingerprint density at radius 1 is 1.17 bits per heavy atom. The second-order valence-electron chi connectivity index (χ2n) is 4.34. The van der Waals surface area contributed by atoms with Crippen LogP contribution in [0, 0.1) is 0 Å². The Hall–Kier alpha value is -1.55. The molecule has 0 radical (unpaired) electrons. The minimum atomic E-state index is -0.429. The molecule has 0 heterocycles. The average Bonchev–Trinajstić information content (AvgIpc) is 2.28. The predicted molar refractivity (Wildman–Crippen MR) is 75.9 cm³/mol. The zero-order valence-corrected chi connectivity index (χ0v) is 11.8. The van der Waals surface area contributed by atoms with Crippen molar-refractivity contribution in [2.75, 3.05) is 0 Å². The Balaban J connectivity index is 2.20. The van der Waals surface area contributed by atoms with Gasteiger partial charge in [0.2, 0.25) is 0 Å². The van der Waals surface area contributed by atoms with E-state index in [1.165, 1.54) is 0 Å². The van der Waals surface area contributed by atoms with Crippen LogP contribution in [0.3, 0.4) is 0 Å². The Morgan fingerprint density at radius 2 is 1.83 bits per heavy atom. The second-order valence-corrected chi connectivity index (χ2v) is 5.26. The lowest BCUT2D eigenvalue weighted by atomic mass is 10.1. The summed E-state index contributed by atoms with van der Waals surface area (Å²) >= 11 is 3.42. The summed E-state index contributed by atoms with van der Waals surface area (Å²) in [4.78, 5) is 11.5. The van der Waals surface area contributed by atoms with Gasteiger partial charge in [-0.25, -0.2) is 4.79 Å². The summed E-state index contributed by atoms with van der Waals surface area (Å²) in [6.07, 6.45) is -0.429. The molecule has 2 rings (SSSR count). The molecule has 0 bridgehead atoms. The number of ether oxygens (including phenoxy) is 1. The lowest BCUT2D eigenvalue weighted by Crippen LogP contribution is -2.32. The number of benzene rings is 2. The van der Waals surface area contributed by atoms with Crippen LogP contribution in [-0.4, -0.2) is 12.1 Å². The van der Waals surface area contributed by atoms with Crippen molar-refractivity contribution in [1.29, 1.82) is 0 Å². The van der Waals surface area contributed by atoms with E-state index >= 15 is 0 Å². The number of hydrogen-bond acceptors (Lipinski definition) is 2. The predicted octanol–water partition coefficient (Wildman–Crippen LogP) is 4.10. The molecule has 2 aromatic carbocycles. The van der Waals surface area contributed by atoms with Crippen molar-refractivity contribution in [1.82, 2.24) is 5.32 Å². The molecule has 0 unspecified atom stereocenters. The summed E-state index contributed by atoms with van der Waals surface area (Å²) in [5, 5.41) is 4.81. The van der Waals surface area contributed by atoms with Crippen LogP contribution in [0.15, 0.2) is 40.9 Å². The van der Waals surface area contributed by atoms with Crippen LogP contribution < -0.4 is 10.1 Å². The smallest absolute Gasteiger partial charge is 0.410 e. The van der Waals surface area contributed by atoms with Crippen LogP contribution in [-0.2, 0) is 0 Å². The highest BCUT2D eigenvalue weighted by atomic mass is 79.9. The summed E-state index contributed by atoms with van der Waals surface area (Å²) in [5.41, 5.74) is 0. The van der Waals surface area contributed by atoms with E-state index < -0.39 is 6.09 Å². The fourth-order valence-electron chi connectivity index (χ4n) is 1.63. The maximum Gasteiger partial charge on any atom is 0.412 e. The van der Waals surface area contributed by atoms with E-state index in [-0.39, 0.29) is 6.04 Å². The van der Waals surface area contributed by atoms with Crippen molar-refractivity contribution < 1.29 is 9.53 Å². The fraction of sp³-hybridized carbons (Fsp3) is 0.214. The zero-order chi connectivity index (χ0) is 13.1. The minimum absolute atomic E-state index is 0.0638. The molecule has 3 nitrogen and oxygen atoms in total. The Bertz CT molecular complexity index is 581. The number of rotatable bonds is 2. The van der Waals surface area contributed by atoms with Gasteiger partial charge in [-0.2, -0.15) is 0 Å². The minimum Gasteiger partial charge on any atom is -0.410 e. The second kappa shape index (κ2) is 5.40. The molecule has 0 saturated heterocycles. The number of fused-ring (bicyclic) bond motifs is 1. The van der Waals surface area contributed by atoms with Gasteiger partial charge in [0.25, 0.3) is 0 Å². The van der Waals surface area contributed by atoms with Crippen LogP contribution in [0.25, 0.3) is 10.8 Å². The summed E-state index contributed by atoms with van der Waals surface area (Å²) in [6.45, 7) is 3.78. The highest BCUT2D eigenvalue weighted by Crippen LogP contribution is 2.24. The van der Waals surface area contributed by atoms with Gasteiger partial charge in [-0.1, -0.05) is 28.1 Å². The molecule has 0 atom stereocenters. The normalized spacial score (nSPS) is 10.7. The van der Waals surface area contributed by atoms with Crippen molar-refractivity contribution in [2.45, 2.75) is 19.9 Å². The van der Waals surface area contributed by atoms with E-state index in [9.17, 15) is 4.79 Å². The SMILES string of the molecule is CC(C)NC(=O)Oc1ccc2cc(Br)ccc2c1. The maximum absolute atomic E-state index is 11.5. The summed E-state index contributed by atoms with van der Waals surface area (Å²) < 4.78 is 6.23. The molecule has 0 saturated carbocycles. The number of amides is 1. The van der Waals surface area contributed by atoms with Gasteiger partial charge < -0.3 is 10.1 Å². The zero-order valence-electron chi connectivity index (χ0n) is 10.2. The molecule has 0 aliphatic rings. The van der Waals surface area contributed by atoms with Gasteiger partial charge in [0.1, 0.15) is 5.75 Å². The van der Waals surface area contributed by atoms with Crippen molar-refractivity contribution in [3.63, 3.8) is 0 Å². The molecule has 0 fully saturated rings. The standard InChI is InChI=1S/C14H14BrNO2/c1-9(2)16-14(17)18-13-6-4-10-7-12(15)5-3-11(10)8-13/h3-9H,1-2H3,(H,16,17). The Labute approximate surface area is 114 Å². The average molecular weight is 308 g/mol. The van der Waals surface area contributed by atoms with Gasteiger partial charge >= 0.3 is 6.09 Å². The molecule has 0 aliphatic heterocycles. The first-order chi connectivity index (χ1) is 8.54. The maximum atomic E-state index is 11.5. The van der Waals surface area contributed by atoms with E-state index in [1.54, 1.807) is 6.07 Å². The van der Waals surface area contributed by atoms with Gasteiger partial charge in [-0.15, -0.1) is 0 Å². The quantitative estimate of drug-likeness (QED) is 0.907. The molecule has 0 spiro atoms. The van der Waals surface area contributed by atoms with Crippen LogP contribution in [0.5, 0.6) is 5.75 Å². The third-order valence-electron chi connectivity index (χ3n) is 2.39. The van der Waals surface area contributed by atoms with Crippen LogP contribution in [0.4, 0.5) is 4.79 Å². The lowest BCUT2D eigenvalue weighted by molar-refractivity contribution is 0.198. The highest BCUT2D eigenvalue weighted by molar-refractivity contribution is 9.10. The van der Waals surface area contributed by atoms with Crippen LogP contribution >= 0.6 is 15.9 Å². The molecule has 0 aromatic heterocycles. The Kier molecular flexibility index (Phi) is 3.87. The first-order valence-corrected chi connectivity index (χ1v) is 6.51. The number of nitrogens with one attached hydrogen (secondary N) is 1. The molecular weight excluding hydrogens is 294 g/mol. The number of carbonyl (C=O) groups excluding carboxylic acids is 1. The molecule has 94 valence electrons. The highest BCUT2D eigenvalue weighted by Gasteiger charge is 2.06. The van der Waals surface area contributed by atoms with E-state index in [0.29, 0.717) is 5.75 Å². The van der Waals surface area contributed by atoms with Gasteiger partial charge in [0.05, 0.1) is 0 Å². The van der Waals surface area contributed by atoms with Gasteiger partial charge in [0.15, 0.2) is 0 Å². The first kappa shape index (κ1) is 12.9. The van der Waals surface area contributed by atoms with E-state index in [1.807, 2.05) is 44.2 Å². The molecule has 4 heteroatoms. The number of carbonyl (C=O) groups is 1. The molecular formula is C14H14BrNO2. The largest absolute Gasteiger partial charge is 0.412 e. The third-order valence-corrected chi connectivity index (χ3v) is 2.88. The molecule has 0 aliphatic carbocycles. The summed E-state index contributed by atoms with van der Waals surface area (Å²) in [5.74, 6) is 0.544. The van der Waals surface area contributed by atoms with Crippen molar-refractivity contribution in [3.05, 3.63) is 40.9 Å². The fourth-order valence-corrected chi connectivity index (χ4v) is 2.01. The third kappa shape index (κ3) is 3.23. The van der Waals surface area contributed by atoms with E-state index in [4.69, 9.17) is 4.74 Å². The van der Waals surface area contributed by atoms with Crippen molar-refractivity contribution in [2.24, 2.45) is 0 Å². The Morgan fingerprint density at radius 3 is 2.56 bits per heavy atom. The van der Waals surface area contributed by atoms with Gasteiger partial charge in [-0.05, 0) is 48.9 Å². The summed E-state index contributed by atoms with van der Waals surface area (Å²) in [7, 11) is 0. The number of halogens is 1. The first-order valence-electron chi connectivity index (χ1n) is 5.72. The topological polar surface area (TPSA) is 38.3 Å². The van der Waals surface area contributed by atoms with Gasteiger partial charge in [0, 0.05) is 10.5 Å². The molecule has 1 N–H and O–H groups in total. The van der Waals surface area contributed by atoms with Crippen molar-refractivity contribution in [3.8, 4) is 5.75 Å². The monoisotopic (exact) mass is 307 g/mol. The number of hydrogen-bond donors (Lipinski definition) is 1. The molecule has 18 heavy (non-hydrogen) atoms. The van der Waals surface area contributed by atoms with Crippen molar-refractivity contribution >= 4 is 32.8 Å². The molecule has 2 aromatic rings. The van der Waals surface area contributed by atoms with Gasteiger partial charge in [-0.3, -0.25) is 0 Å². The van der Waals surface area contributed by atoms with E-state index in [2.05, 4.69) is 21.2 Å². The van der Waals surface area contributed by atoms with Crippen LogP contribution in [0.1, 0.15) is 13.8 Å². The summed E-state index contributed by atoms with van der Waals surface area (Å²) in [6, 6.07) is 11.6. The van der Waals surface area contributed by atoms with E-state index in [0.717, 1.165) is 15.2 Å². The molecule has 1 amide bonds. The van der Waals surface area contributed by atoms with Crippen LogP contribution in [0.2, 0.25) is 0 Å². The lowest BCUT2D eigenvalue weighted by Gasteiger charge is -2.09.